The second-order valence-electron chi connectivity index (χ2n) is 4.77. The van der Waals surface area contributed by atoms with Gasteiger partial charge in [-0.2, -0.15) is 0 Å². The fourth-order valence-corrected chi connectivity index (χ4v) is 1.21. The van der Waals surface area contributed by atoms with Gasteiger partial charge in [0, 0.05) is 5.41 Å². The van der Waals surface area contributed by atoms with Crippen LogP contribution < -0.4 is 9.47 Å². The molecule has 0 aliphatic carbocycles. The maximum Gasteiger partial charge on any atom is 0.161 e. The molecule has 0 heterocycles. The molecule has 0 aliphatic heterocycles. The van der Waals surface area contributed by atoms with Crippen LogP contribution >= 0.6 is 0 Å². The number of ether oxygens (including phenoxy) is 2. The van der Waals surface area contributed by atoms with Gasteiger partial charge in [0.1, 0.15) is 0 Å². The molecule has 1 aromatic rings. The first kappa shape index (κ1) is 12.8. The first-order valence-electron chi connectivity index (χ1n) is 5.37. The van der Waals surface area contributed by atoms with Crippen LogP contribution in [-0.2, 0) is 0 Å². The van der Waals surface area contributed by atoms with Crippen molar-refractivity contribution in [3.05, 3.63) is 23.8 Å². The van der Waals surface area contributed by atoms with Crippen molar-refractivity contribution in [2.75, 3.05) is 20.3 Å². The molecule has 1 aromatic carbocycles. The van der Waals surface area contributed by atoms with E-state index < -0.39 is 0 Å². The summed E-state index contributed by atoms with van der Waals surface area (Å²) in [6, 6.07) is 5.80. The Morgan fingerprint density at radius 2 is 1.94 bits per heavy atom. The van der Waals surface area contributed by atoms with Gasteiger partial charge in [0.05, 0.1) is 20.3 Å². The van der Waals surface area contributed by atoms with Crippen LogP contribution in [0, 0.1) is 12.3 Å². The fraction of sp³-hybridized carbons (Fsp3) is 0.538. The van der Waals surface area contributed by atoms with E-state index in [2.05, 4.69) is 0 Å². The van der Waals surface area contributed by atoms with Gasteiger partial charge in [0.25, 0.3) is 0 Å². The Morgan fingerprint density at radius 1 is 1.25 bits per heavy atom. The number of aliphatic hydroxyl groups excluding tert-OH is 1. The molecule has 3 heteroatoms. The monoisotopic (exact) mass is 224 g/mol. The van der Waals surface area contributed by atoms with Crippen molar-refractivity contribution in [1.29, 1.82) is 0 Å². The predicted molar refractivity (Wildman–Crippen MR) is 64.1 cm³/mol. The number of aryl methyl sites for hydroxylation is 1. The van der Waals surface area contributed by atoms with E-state index in [-0.39, 0.29) is 12.0 Å². The van der Waals surface area contributed by atoms with Gasteiger partial charge in [-0.05, 0) is 24.6 Å². The lowest BCUT2D eigenvalue weighted by Gasteiger charge is -2.22. The zero-order valence-electron chi connectivity index (χ0n) is 10.4. The average Bonchev–Trinajstić information content (AvgIpc) is 2.27. The molecule has 0 atom stereocenters. The minimum atomic E-state index is -0.240. The van der Waals surface area contributed by atoms with Gasteiger partial charge in [-0.1, -0.05) is 19.9 Å². The van der Waals surface area contributed by atoms with E-state index in [1.54, 1.807) is 7.11 Å². The third-order valence-electron chi connectivity index (χ3n) is 2.37. The molecule has 0 aliphatic rings. The summed E-state index contributed by atoms with van der Waals surface area (Å²) in [5.41, 5.74) is 0.890. The Morgan fingerprint density at radius 3 is 2.50 bits per heavy atom. The van der Waals surface area contributed by atoms with Crippen molar-refractivity contribution < 1.29 is 14.6 Å². The largest absolute Gasteiger partial charge is 0.493 e. The molecule has 16 heavy (non-hydrogen) atoms. The molecule has 3 nitrogen and oxygen atoms in total. The molecule has 90 valence electrons. The molecule has 1 rings (SSSR count). The molecule has 0 saturated heterocycles. The first-order valence-corrected chi connectivity index (χ1v) is 5.37. The van der Waals surface area contributed by atoms with Gasteiger partial charge >= 0.3 is 0 Å². The van der Waals surface area contributed by atoms with Crippen LogP contribution in [0.4, 0.5) is 0 Å². The van der Waals surface area contributed by atoms with Crippen LogP contribution in [0.1, 0.15) is 19.4 Å². The van der Waals surface area contributed by atoms with Gasteiger partial charge in [-0.3, -0.25) is 0 Å². The summed E-state index contributed by atoms with van der Waals surface area (Å²) in [5, 5.41) is 9.13. The summed E-state index contributed by atoms with van der Waals surface area (Å²) in [6.07, 6.45) is 0. The number of rotatable bonds is 5. The molecule has 0 unspecified atom stereocenters. The van der Waals surface area contributed by atoms with Crippen LogP contribution in [0.2, 0.25) is 0 Å². The molecule has 1 N–H and O–H groups in total. The normalized spacial score (nSPS) is 11.3. The first-order chi connectivity index (χ1) is 7.48. The van der Waals surface area contributed by atoms with Crippen LogP contribution in [0.15, 0.2) is 18.2 Å². The van der Waals surface area contributed by atoms with E-state index >= 15 is 0 Å². The summed E-state index contributed by atoms with van der Waals surface area (Å²) >= 11 is 0. The SMILES string of the molecule is COc1cc(C)ccc1OCC(C)(C)CO. The standard InChI is InChI=1S/C13H20O3/c1-10-5-6-11(12(7-10)15-4)16-9-13(2,3)8-14/h5-7,14H,8-9H2,1-4H3. The van der Waals surface area contributed by atoms with Gasteiger partial charge in [-0.25, -0.2) is 0 Å². The minimum absolute atomic E-state index is 0.0984. The van der Waals surface area contributed by atoms with Gasteiger partial charge < -0.3 is 14.6 Å². The van der Waals surface area contributed by atoms with Gasteiger partial charge in [0.2, 0.25) is 0 Å². The number of hydrogen-bond acceptors (Lipinski definition) is 3. The zero-order valence-corrected chi connectivity index (χ0v) is 10.4. The summed E-state index contributed by atoms with van der Waals surface area (Å²) in [4.78, 5) is 0. The lowest BCUT2D eigenvalue weighted by molar-refractivity contribution is 0.0959. The summed E-state index contributed by atoms with van der Waals surface area (Å²) in [6.45, 7) is 6.47. The highest BCUT2D eigenvalue weighted by molar-refractivity contribution is 5.42. The maximum absolute atomic E-state index is 9.13. The van der Waals surface area contributed by atoms with E-state index in [1.807, 2.05) is 39.0 Å². The zero-order chi connectivity index (χ0) is 12.2. The molecular formula is C13H20O3. The molecule has 0 fully saturated rings. The average molecular weight is 224 g/mol. The number of aliphatic hydroxyl groups is 1. The van der Waals surface area contributed by atoms with E-state index in [0.29, 0.717) is 6.61 Å². The van der Waals surface area contributed by atoms with Crippen molar-refractivity contribution >= 4 is 0 Å². The van der Waals surface area contributed by atoms with Gasteiger partial charge in [-0.15, -0.1) is 0 Å². The van der Waals surface area contributed by atoms with E-state index in [4.69, 9.17) is 14.6 Å². The fourth-order valence-electron chi connectivity index (χ4n) is 1.21. The Bertz CT molecular complexity index is 345. The molecular weight excluding hydrogens is 204 g/mol. The minimum Gasteiger partial charge on any atom is -0.493 e. The quantitative estimate of drug-likeness (QED) is 0.834. The highest BCUT2D eigenvalue weighted by Gasteiger charge is 2.18. The Balaban J connectivity index is 2.74. The van der Waals surface area contributed by atoms with Crippen LogP contribution in [0.5, 0.6) is 11.5 Å². The van der Waals surface area contributed by atoms with E-state index in [1.165, 1.54) is 0 Å². The summed E-state index contributed by atoms with van der Waals surface area (Å²) in [5.74, 6) is 1.45. The predicted octanol–water partition coefficient (Wildman–Crippen LogP) is 2.40. The molecule has 0 saturated carbocycles. The van der Waals surface area contributed by atoms with E-state index in [0.717, 1.165) is 17.1 Å². The highest BCUT2D eigenvalue weighted by atomic mass is 16.5. The maximum atomic E-state index is 9.13. The topological polar surface area (TPSA) is 38.7 Å². The second-order valence-corrected chi connectivity index (χ2v) is 4.77. The second kappa shape index (κ2) is 5.21. The third kappa shape index (κ3) is 3.42. The van der Waals surface area contributed by atoms with Crippen molar-refractivity contribution in [3.63, 3.8) is 0 Å². The lowest BCUT2D eigenvalue weighted by Crippen LogP contribution is -2.25. The summed E-state index contributed by atoms with van der Waals surface area (Å²) in [7, 11) is 1.62. The Hall–Kier alpha value is -1.22. The molecule has 0 aromatic heterocycles. The number of benzene rings is 1. The van der Waals surface area contributed by atoms with Gasteiger partial charge in [0.15, 0.2) is 11.5 Å². The van der Waals surface area contributed by atoms with Crippen LogP contribution in [0.25, 0.3) is 0 Å². The summed E-state index contributed by atoms with van der Waals surface area (Å²) < 4.78 is 10.9. The third-order valence-corrected chi connectivity index (χ3v) is 2.37. The molecule has 0 spiro atoms. The number of methoxy groups -OCH3 is 1. The lowest BCUT2D eigenvalue weighted by atomic mass is 9.96. The van der Waals surface area contributed by atoms with Crippen molar-refractivity contribution in [3.8, 4) is 11.5 Å². The molecule has 0 amide bonds. The smallest absolute Gasteiger partial charge is 0.161 e. The van der Waals surface area contributed by atoms with Crippen molar-refractivity contribution in [2.24, 2.45) is 5.41 Å². The molecule has 0 radical (unpaired) electrons. The van der Waals surface area contributed by atoms with Crippen LogP contribution in [0.3, 0.4) is 0 Å². The van der Waals surface area contributed by atoms with Crippen molar-refractivity contribution in [1.82, 2.24) is 0 Å². The Kier molecular flexibility index (Phi) is 4.19. The highest BCUT2D eigenvalue weighted by Crippen LogP contribution is 2.29. The molecule has 0 bridgehead atoms. The van der Waals surface area contributed by atoms with Crippen LogP contribution in [-0.4, -0.2) is 25.4 Å². The van der Waals surface area contributed by atoms with E-state index in [9.17, 15) is 0 Å². The van der Waals surface area contributed by atoms with Crippen molar-refractivity contribution in [2.45, 2.75) is 20.8 Å². The Labute approximate surface area is 97.0 Å². The number of hydrogen-bond donors (Lipinski definition) is 1.